The number of ether oxygens (including phenoxy) is 3. The van der Waals surface area contributed by atoms with Crippen LogP contribution in [0.2, 0.25) is 0 Å². The van der Waals surface area contributed by atoms with E-state index in [1.165, 1.54) is 6.26 Å². The quantitative estimate of drug-likeness (QED) is 0.749. The predicted octanol–water partition coefficient (Wildman–Crippen LogP) is 1.26. The molecule has 0 radical (unpaired) electrons. The smallest absolute Gasteiger partial charge is 0.211 e. The van der Waals surface area contributed by atoms with Crippen LogP contribution in [0.4, 0.5) is 0 Å². The third-order valence-electron chi connectivity index (χ3n) is 5.54. The molecule has 0 N–H and O–H groups in total. The Morgan fingerprint density at radius 3 is 2.52 bits per heavy atom. The van der Waals surface area contributed by atoms with E-state index in [1.807, 2.05) is 0 Å². The summed E-state index contributed by atoms with van der Waals surface area (Å²) in [7, 11) is -3.05. The maximum absolute atomic E-state index is 11.6. The molecule has 3 heterocycles. The van der Waals surface area contributed by atoms with Crippen LogP contribution in [0, 0.1) is 11.3 Å². The van der Waals surface area contributed by atoms with E-state index in [-0.39, 0.29) is 11.5 Å². The predicted molar refractivity (Wildman–Crippen MR) is 86.8 cm³/mol. The summed E-state index contributed by atoms with van der Waals surface area (Å²) in [4.78, 5) is 0. The van der Waals surface area contributed by atoms with Crippen molar-refractivity contribution in [2.24, 2.45) is 11.3 Å². The second-order valence-electron chi connectivity index (χ2n) is 7.39. The second kappa shape index (κ2) is 7.35. The van der Waals surface area contributed by atoms with Crippen molar-refractivity contribution in [2.75, 3.05) is 52.4 Å². The molecule has 1 atom stereocenters. The van der Waals surface area contributed by atoms with Gasteiger partial charge in [0, 0.05) is 32.9 Å². The van der Waals surface area contributed by atoms with Gasteiger partial charge in [-0.3, -0.25) is 0 Å². The summed E-state index contributed by atoms with van der Waals surface area (Å²) in [6.45, 7) is 5.17. The van der Waals surface area contributed by atoms with Gasteiger partial charge in [0.1, 0.15) is 0 Å². The van der Waals surface area contributed by atoms with Crippen LogP contribution in [0.1, 0.15) is 32.1 Å². The standard InChI is InChI=1S/C16H29NO5S/c1-23(18,19)17-6-4-16(5-7-17)10-15(22-13-16)12-21-11-14-2-8-20-9-3-14/h14-15H,2-13H2,1H3/t15-/m1/s1. The summed E-state index contributed by atoms with van der Waals surface area (Å²) in [5.74, 6) is 0.622. The average molecular weight is 347 g/mol. The number of sulfonamides is 1. The third-order valence-corrected chi connectivity index (χ3v) is 6.84. The Balaban J connectivity index is 1.38. The van der Waals surface area contributed by atoms with Gasteiger partial charge < -0.3 is 14.2 Å². The highest BCUT2D eigenvalue weighted by Gasteiger charge is 2.43. The normalized spacial score (nSPS) is 30.0. The molecule has 134 valence electrons. The zero-order chi connectivity index (χ0) is 16.3. The van der Waals surface area contributed by atoms with Crippen molar-refractivity contribution in [3.8, 4) is 0 Å². The van der Waals surface area contributed by atoms with Crippen molar-refractivity contribution in [2.45, 2.75) is 38.2 Å². The molecular weight excluding hydrogens is 318 g/mol. The van der Waals surface area contributed by atoms with Gasteiger partial charge in [0.05, 0.1) is 25.6 Å². The van der Waals surface area contributed by atoms with E-state index in [0.29, 0.717) is 25.6 Å². The zero-order valence-electron chi connectivity index (χ0n) is 14.0. The first-order valence-corrected chi connectivity index (χ1v) is 10.5. The van der Waals surface area contributed by atoms with Crippen LogP contribution in [-0.2, 0) is 24.2 Å². The largest absolute Gasteiger partial charge is 0.381 e. The van der Waals surface area contributed by atoms with Crippen LogP contribution in [0.25, 0.3) is 0 Å². The summed E-state index contributed by atoms with van der Waals surface area (Å²) in [5, 5.41) is 0. The van der Waals surface area contributed by atoms with Gasteiger partial charge in [-0.2, -0.15) is 0 Å². The van der Waals surface area contributed by atoms with E-state index in [9.17, 15) is 8.42 Å². The van der Waals surface area contributed by atoms with Gasteiger partial charge in [-0.05, 0) is 43.4 Å². The van der Waals surface area contributed by atoms with Crippen LogP contribution in [0.5, 0.6) is 0 Å². The molecule has 3 aliphatic rings. The molecule has 3 rings (SSSR count). The van der Waals surface area contributed by atoms with Crippen LogP contribution >= 0.6 is 0 Å². The molecule has 3 fully saturated rings. The molecule has 0 aromatic heterocycles. The van der Waals surface area contributed by atoms with Crippen molar-refractivity contribution >= 4 is 10.0 Å². The summed E-state index contributed by atoms with van der Waals surface area (Å²) >= 11 is 0. The highest BCUT2D eigenvalue weighted by molar-refractivity contribution is 7.88. The van der Waals surface area contributed by atoms with E-state index in [0.717, 1.165) is 58.5 Å². The number of hydrogen-bond donors (Lipinski definition) is 0. The molecule has 3 saturated heterocycles. The Bertz CT molecular complexity index is 481. The monoisotopic (exact) mass is 347 g/mol. The summed E-state index contributed by atoms with van der Waals surface area (Å²) in [6.07, 6.45) is 6.45. The van der Waals surface area contributed by atoms with Gasteiger partial charge in [-0.1, -0.05) is 0 Å². The number of nitrogens with zero attached hydrogens (tertiary/aromatic N) is 1. The number of piperidine rings is 1. The number of hydrogen-bond acceptors (Lipinski definition) is 5. The Hall–Kier alpha value is -0.210. The molecule has 0 aliphatic carbocycles. The second-order valence-corrected chi connectivity index (χ2v) is 9.37. The van der Waals surface area contributed by atoms with E-state index < -0.39 is 10.0 Å². The van der Waals surface area contributed by atoms with Crippen molar-refractivity contribution in [3.05, 3.63) is 0 Å². The Kier molecular flexibility index (Phi) is 5.63. The van der Waals surface area contributed by atoms with Crippen LogP contribution < -0.4 is 0 Å². The summed E-state index contributed by atoms with van der Waals surface area (Å²) < 4.78 is 42.0. The van der Waals surface area contributed by atoms with Crippen molar-refractivity contribution in [1.82, 2.24) is 4.31 Å². The lowest BCUT2D eigenvalue weighted by Crippen LogP contribution is -2.43. The van der Waals surface area contributed by atoms with Crippen LogP contribution in [0.15, 0.2) is 0 Å². The highest BCUT2D eigenvalue weighted by Crippen LogP contribution is 2.42. The SMILES string of the molecule is CS(=O)(=O)N1CCC2(CC1)CO[C@@H](COCC1CCOCC1)C2. The fourth-order valence-corrected chi connectivity index (χ4v) is 4.77. The zero-order valence-corrected chi connectivity index (χ0v) is 14.9. The van der Waals surface area contributed by atoms with E-state index in [2.05, 4.69) is 0 Å². The van der Waals surface area contributed by atoms with Gasteiger partial charge in [-0.15, -0.1) is 0 Å². The molecule has 0 bridgehead atoms. The van der Waals surface area contributed by atoms with E-state index in [4.69, 9.17) is 14.2 Å². The van der Waals surface area contributed by atoms with Crippen molar-refractivity contribution in [3.63, 3.8) is 0 Å². The van der Waals surface area contributed by atoms with Gasteiger partial charge in [0.15, 0.2) is 0 Å². The first kappa shape index (κ1) is 17.6. The Morgan fingerprint density at radius 1 is 1.17 bits per heavy atom. The topological polar surface area (TPSA) is 65.1 Å². The Labute approximate surface area is 139 Å². The lowest BCUT2D eigenvalue weighted by molar-refractivity contribution is -0.0181. The van der Waals surface area contributed by atoms with Crippen molar-refractivity contribution in [1.29, 1.82) is 0 Å². The lowest BCUT2D eigenvalue weighted by Gasteiger charge is -2.37. The molecule has 0 aromatic rings. The number of rotatable bonds is 5. The minimum atomic E-state index is -3.05. The van der Waals surface area contributed by atoms with Gasteiger partial charge in [-0.25, -0.2) is 12.7 Å². The summed E-state index contributed by atoms with van der Waals surface area (Å²) in [6, 6.07) is 0. The first-order chi connectivity index (χ1) is 11.0. The average Bonchev–Trinajstić information content (AvgIpc) is 2.91. The minimum Gasteiger partial charge on any atom is -0.381 e. The molecule has 1 spiro atoms. The first-order valence-electron chi connectivity index (χ1n) is 8.69. The highest BCUT2D eigenvalue weighted by atomic mass is 32.2. The Morgan fingerprint density at radius 2 is 1.87 bits per heavy atom. The summed E-state index contributed by atoms with van der Waals surface area (Å²) in [5.41, 5.74) is 0.161. The van der Waals surface area contributed by atoms with Crippen LogP contribution in [0.3, 0.4) is 0 Å². The molecule has 0 saturated carbocycles. The molecule has 7 heteroatoms. The molecule has 23 heavy (non-hydrogen) atoms. The molecule has 0 aromatic carbocycles. The third kappa shape index (κ3) is 4.66. The molecule has 6 nitrogen and oxygen atoms in total. The lowest BCUT2D eigenvalue weighted by atomic mass is 9.77. The fourth-order valence-electron chi connectivity index (χ4n) is 3.92. The molecule has 3 aliphatic heterocycles. The van der Waals surface area contributed by atoms with E-state index >= 15 is 0 Å². The van der Waals surface area contributed by atoms with Crippen molar-refractivity contribution < 1.29 is 22.6 Å². The maximum atomic E-state index is 11.6. The van der Waals surface area contributed by atoms with Gasteiger partial charge in [0.25, 0.3) is 0 Å². The van der Waals surface area contributed by atoms with Gasteiger partial charge in [0.2, 0.25) is 10.0 Å². The fraction of sp³-hybridized carbons (Fsp3) is 1.00. The van der Waals surface area contributed by atoms with E-state index in [1.54, 1.807) is 4.31 Å². The minimum absolute atomic E-state index is 0.161. The molecule has 0 unspecified atom stereocenters. The molecule has 0 amide bonds. The molecular formula is C16H29NO5S. The maximum Gasteiger partial charge on any atom is 0.211 e. The van der Waals surface area contributed by atoms with Gasteiger partial charge >= 0.3 is 0 Å². The van der Waals surface area contributed by atoms with Crippen LogP contribution in [-0.4, -0.2) is 71.2 Å².